The number of nitrogens with one attached hydrogen (secondary N) is 2. The summed E-state index contributed by atoms with van der Waals surface area (Å²) in [6.07, 6.45) is 3.34. The van der Waals surface area contributed by atoms with Gasteiger partial charge in [-0.05, 0) is 60.7 Å². The largest absolute Gasteiger partial charge is 0.325 e. The Morgan fingerprint density at radius 2 is 1.64 bits per heavy atom. The summed E-state index contributed by atoms with van der Waals surface area (Å²) in [5, 5.41) is 3.07. The lowest BCUT2D eigenvalue weighted by atomic mass is 10.1. The third kappa shape index (κ3) is 7.30. The number of halogens is 2. The van der Waals surface area contributed by atoms with E-state index in [0.717, 1.165) is 24.8 Å². The van der Waals surface area contributed by atoms with Gasteiger partial charge >= 0.3 is 0 Å². The Morgan fingerprint density at radius 1 is 0.939 bits per heavy atom. The van der Waals surface area contributed by atoms with Crippen molar-refractivity contribution in [1.82, 2.24) is 4.72 Å². The molecule has 0 fully saturated rings. The zero-order chi connectivity index (χ0) is 23.8. The zero-order valence-electron chi connectivity index (χ0n) is 18.2. The van der Waals surface area contributed by atoms with Gasteiger partial charge in [0.25, 0.3) is 0 Å². The standard InChI is InChI=1S/C25H26Cl2N2O3S/c1-2-3-7-18-10-13-21(14-11-18)28-25(30)23(16-19-8-5-4-6-9-19)29-33(31,32)24-17-20(26)12-15-22(24)27/h4-6,8-15,17,23,29H,2-3,7,16H2,1H3,(H,28,30)/t23-/m0/s1. The van der Waals surface area contributed by atoms with Gasteiger partial charge in [-0.3, -0.25) is 4.79 Å². The molecule has 0 aliphatic rings. The van der Waals surface area contributed by atoms with Crippen LogP contribution in [0.25, 0.3) is 0 Å². The highest BCUT2D eigenvalue weighted by Gasteiger charge is 2.28. The predicted octanol–water partition coefficient (Wildman–Crippen LogP) is 5.86. The van der Waals surface area contributed by atoms with Crippen LogP contribution < -0.4 is 10.0 Å². The maximum absolute atomic E-state index is 13.1. The summed E-state index contributed by atoms with van der Waals surface area (Å²) in [5.74, 6) is -0.470. The molecule has 174 valence electrons. The number of hydrogen-bond donors (Lipinski definition) is 2. The number of carbonyl (C=O) groups is 1. The van der Waals surface area contributed by atoms with Crippen molar-refractivity contribution >= 4 is 44.8 Å². The molecular weight excluding hydrogens is 479 g/mol. The van der Waals surface area contributed by atoms with Gasteiger partial charge < -0.3 is 5.32 Å². The van der Waals surface area contributed by atoms with Crippen molar-refractivity contribution in [3.8, 4) is 0 Å². The molecule has 0 saturated carbocycles. The van der Waals surface area contributed by atoms with Gasteiger partial charge in [0.05, 0.1) is 5.02 Å². The molecule has 1 amide bonds. The van der Waals surface area contributed by atoms with E-state index < -0.39 is 22.0 Å². The van der Waals surface area contributed by atoms with Gasteiger partial charge in [0, 0.05) is 10.7 Å². The molecule has 0 heterocycles. The van der Waals surface area contributed by atoms with Crippen molar-refractivity contribution in [1.29, 1.82) is 0 Å². The van der Waals surface area contributed by atoms with Gasteiger partial charge in [-0.15, -0.1) is 0 Å². The van der Waals surface area contributed by atoms with Crippen LogP contribution in [0.2, 0.25) is 10.0 Å². The lowest BCUT2D eigenvalue weighted by Gasteiger charge is -2.19. The molecule has 0 radical (unpaired) electrons. The van der Waals surface area contributed by atoms with E-state index in [9.17, 15) is 13.2 Å². The number of amides is 1. The highest BCUT2D eigenvalue weighted by molar-refractivity contribution is 7.89. The van der Waals surface area contributed by atoms with Gasteiger partial charge in [-0.1, -0.05) is 79.0 Å². The average Bonchev–Trinajstić information content (AvgIpc) is 2.80. The molecule has 3 aromatic rings. The summed E-state index contributed by atoms with van der Waals surface area (Å²) < 4.78 is 28.6. The lowest BCUT2D eigenvalue weighted by molar-refractivity contribution is -0.117. The number of sulfonamides is 1. The van der Waals surface area contributed by atoms with E-state index in [1.54, 1.807) is 0 Å². The molecule has 3 rings (SSSR count). The Balaban J connectivity index is 1.83. The molecule has 0 unspecified atom stereocenters. The van der Waals surface area contributed by atoms with Gasteiger partial charge in [0.1, 0.15) is 10.9 Å². The number of unbranched alkanes of at least 4 members (excludes halogenated alkanes) is 1. The van der Waals surface area contributed by atoms with Gasteiger partial charge in [-0.25, -0.2) is 8.42 Å². The van der Waals surface area contributed by atoms with E-state index >= 15 is 0 Å². The Labute approximate surface area is 205 Å². The fraction of sp³-hybridized carbons (Fsp3) is 0.240. The molecule has 33 heavy (non-hydrogen) atoms. The lowest BCUT2D eigenvalue weighted by Crippen LogP contribution is -2.45. The first-order valence-electron chi connectivity index (χ1n) is 10.7. The SMILES string of the molecule is CCCCc1ccc(NC(=O)[C@H](Cc2ccccc2)NS(=O)(=O)c2cc(Cl)ccc2Cl)cc1. The molecule has 1 atom stereocenters. The van der Waals surface area contributed by atoms with Crippen molar-refractivity contribution in [2.75, 3.05) is 5.32 Å². The fourth-order valence-electron chi connectivity index (χ4n) is 3.34. The summed E-state index contributed by atoms with van der Waals surface area (Å²) in [7, 11) is -4.11. The van der Waals surface area contributed by atoms with Crippen LogP contribution in [0.3, 0.4) is 0 Å². The number of aryl methyl sites for hydroxylation is 1. The van der Waals surface area contributed by atoms with E-state index in [2.05, 4.69) is 17.0 Å². The molecule has 2 N–H and O–H groups in total. The molecule has 0 aliphatic heterocycles. The van der Waals surface area contributed by atoms with E-state index in [1.807, 2.05) is 54.6 Å². The third-order valence-electron chi connectivity index (χ3n) is 5.12. The normalized spacial score (nSPS) is 12.3. The second-order valence-electron chi connectivity index (χ2n) is 7.73. The third-order valence-corrected chi connectivity index (χ3v) is 7.31. The maximum Gasteiger partial charge on any atom is 0.242 e. The molecule has 0 aliphatic carbocycles. The minimum absolute atomic E-state index is 0.0217. The smallest absolute Gasteiger partial charge is 0.242 e. The van der Waals surface area contributed by atoms with Crippen LogP contribution in [0, 0.1) is 0 Å². The molecular formula is C25H26Cl2N2O3S. The van der Waals surface area contributed by atoms with Crippen LogP contribution >= 0.6 is 23.2 Å². The first-order chi connectivity index (χ1) is 15.8. The average molecular weight is 505 g/mol. The van der Waals surface area contributed by atoms with E-state index in [0.29, 0.717) is 5.69 Å². The highest BCUT2D eigenvalue weighted by Crippen LogP contribution is 2.25. The number of benzene rings is 3. The van der Waals surface area contributed by atoms with Crippen molar-refractivity contribution in [2.45, 2.75) is 43.5 Å². The van der Waals surface area contributed by atoms with Crippen LogP contribution in [0.4, 0.5) is 5.69 Å². The number of carbonyl (C=O) groups excluding carboxylic acids is 1. The molecule has 5 nitrogen and oxygen atoms in total. The zero-order valence-corrected chi connectivity index (χ0v) is 20.6. The predicted molar refractivity (Wildman–Crippen MR) is 134 cm³/mol. The van der Waals surface area contributed by atoms with Gasteiger partial charge in [-0.2, -0.15) is 4.72 Å². The summed E-state index contributed by atoms with van der Waals surface area (Å²) in [4.78, 5) is 13.0. The minimum Gasteiger partial charge on any atom is -0.325 e. The first-order valence-corrected chi connectivity index (χ1v) is 12.9. The monoisotopic (exact) mass is 504 g/mol. The van der Waals surface area contributed by atoms with E-state index in [1.165, 1.54) is 23.8 Å². The quantitative estimate of drug-likeness (QED) is 0.362. The van der Waals surface area contributed by atoms with Crippen molar-refractivity contribution in [3.63, 3.8) is 0 Å². The summed E-state index contributed by atoms with van der Waals surface area (Å²) in [6.45, 7) is 2.14. The Kier molecular flexibility index (Phi) is 8.92. The van der Waals surface area contributed by atoms with Gasteiger partial charge in [0.2, 0.25) is 15.9 Å². The van der Waals surface area contributed by atoms with Crippen LogP contribution in [-0.4, -0.2) is 20.4 Å². The van der Waals surface area contributed by atoms with Crippen LogP contribution in [-0.2, 0) is 27.7 Å². The molecule has 3 aromatic carbocycles. The summed E-state index contributed by atoms with van der Waals surface area (Å²) >= 11 is 12.1. The van der Waals surface area contributed by atoms with Crippen molar-refractivity contribution in [3.05, 3.63) is 94.0 Å². The second kappa shape index (κ2) is 11.7. The van der Waals surface area contributed by atoms with Crippen molar-refractivity contribution < 1.29 is 13.2 Å². The molecule has 0 spiro atoms. The molecule has 8 heteroatoms. The van der Waals surface area contributed by atoms with Crippen LogP contribution in [0.1, 0.15) is 30.9 Å². The van der Waals surface area contributed by atoms with E-state index in [-0.39, 0.29) is 21.4 Å². The molecule has 0 saturated heterocycles. The number of rotatable bonds is 10. The summed E-state index contributed by atoms with van der Waals surface area (Å²) in [6, 6.07) is 19.9. The Hall–Kier alpha value is -2.38. The topological polar surface area (TPSA) is 75.3 Å². The minimum atomic E-state index is -4.11. The molecule has 0 aromatic heterocycles. The van der Waals surface area contributed by atoms with E-state index in [4.69, 9.17) is 23.2 Å². The maximum atomic E-state index is 13.1. The Bertz CT molecular complexity index is 1180. The number of anilines is 1. The van der Waals surface area contributed by atoms with Crippen molar-refractivity contribution in [2.24, 2.45) is 0 Å². The number of hydrogen-bond acceptors (Lipinski definition) is 3. The van der Waals surface area contributed by atoms with Crippen LogP contribution in [0.5, 0.6) is 0 Å². The molecule has 0 bridgehead atoms. The summed E-state index contributed by atoms with van der Waals surface area (Å²) in [5.41, 5.74) is 2.60. The second-order valence-corrected chi connectivity index (χ2v) is 10.3. The van der Waals surface area contributed by atoms with Gasteiger partial charge in [0.15, 0.2) is 0 Å². The fourth-order valence-corrected chi connectivity index (χ4v) is 5.29. The van der Waals surface area contributed by atoms with Crippen LogP contribution in [0.15, 0.2) is 77.7 Å². The Morgan fingerprint density at radius 3 is 2.30 bits per heavy atom. The highest BCUT2D eigenvalue weighted by atomic mass is 35.5. The first kappa shape index (κ1) is 25.2.